The molecule has 0 aliphatic carbocycles. The maximum atomic E-state index is 6.34. The van der Waals surface area contributed by atoms with Gasteiger partial charge < -0.3 is 10.2 Å². The lowest BCUT2D eigenvalue weighted by Gasteiger charge is -2.45. The van der Waals surface area contributed by atoms with Crippen molar-refractivity contribution in [2.75, 3.05) is 18.0 Å². The van der Waals surface area contributed by atoms with Crippen LogP contribution in [0.2, 0.25) is 5.02 Å². The second kappa shape index (κ2) is 7.02. The van der Waals surface area contributed by atoms with Gasteiger partial charge in [0.25, 0.3) is 0 Å². The first kappa shape index (κ1) is 16.6. The Morgan fingerprint density at radius 1 is 1.29 bits per heavy atom. The summed E-state index contributed by atoms with van der Waals surface area (Å²) in [6, 6.07) is 7.37. The van der Waals surface area contributed by atoms with Gasteiger partial charge in [-0.1, -0.05) is 45.4 Å². The minimum absolute atomic E-state index is 0.533. The van der Waals surface area contributed by atoms with Gasteiger partial charge >= 0.3 is 0 Å². The van der Waals surface area contributed by atoms with Crippen molar-refractivity contribution >= 4 is 17.3 Å². The SMILES string of the molecule is Cc1c(Cl)cccc1N1CC(CC(C)C)NCC1C(C)C. The van der Waals surface area contributed by atoms with Crippen LogP contribution in [0, 0.1) is 18.8 Å². The standard InChI is InChI=1S/C18H29ClN2/c1-12(2)9-15-11-21(18(10-20-15)13(3)4)17-8-6-7-16(19)14(17)5/h6-8,12-13,15,18,20H,9-11H2,1-5H3. The molecular weight excluding hydrogens is 280 g/mol. The summed E-state index contributed by atoms with van der Waals surface area (Å²) in [5, 5.41) is 4.61. The molecule has 1 aliphatic rings. The molecule has 1 aliphatic heterocycles. The minimum atomic E-state index is 0.533. The fourth-order valence-electron chi connectivity index (χ4n) is 3.34. The number of nitrogens with zero attached hydrogens (tertiary/aromatic N) is 1. The van der Waals surface area contributed by atoms with Crippen LogP contribution in [0.25, 0.3) is 0 Å². The van der Waals surface area contributed by atoms with Gasteiger partial charge in [-0.15, -0.1) is 0 Å². The quantitative estimate of drug-likeness (QED) is 0.881. The van der Waals surface area contributed by atoms with Gasteiger partial charge in [-0.05, 0) is 42.9 Å². The monoisotopic (exact) mass is 308 g/mol. The summed E-state index contributed by atoms with van der Waals surface area (Å²) in [5.74, 6) is 1.34. The molecule has 0 bridgehead atoms. The van der Waals surface area contributed by atoms with Crippen molar-refractivity contribution in [3.63, 3.8) is 0 Å². The first-order chi connectivity index (χ1) is 9.90. The maximum Gasteiger partial charge on any atom is 0.0455 e. The first-order valence-corrected chi connectivity index (χ1v) is 8.53. The summed E-state index contributed by atoms with van der Waals surface area (Å²) >= 11 is 6.34. The van der Waals surface area contributed by atoms with Gasteiger partial charge in [0, 0.05) is 35.9 Å². The molecule has 2 rings (SSSR count). The van der Waals surface area contributed by atoms with Crippen molar-refractivity contribution in [1.29, 1.82) is 0 Å². The molecule has 1 fully saturated rings. The van der Waals surface area contributed by atoms with Crippen molar-refractivity contribution in [3.8, 4) is 0 Å². The minimum Gasteiger partial charge on any atom is -0.365 e. The lowest BCUT2D eigenvalue weighted by atomic mass is 9.93. The van der Waals surface area contributed by atoms with E-state index in [1.807, 2.05) is 6.07 Å². The largest absolute Gasteiger partial charge is 0.365 e. The molecule has 1 N–H and O–H groups in total. The van der Waals surface area contributed by atoms with Crippen molar-refractivity contribution < 1.29 is 0 Å². The third-order valence-electron chi connectivity index (χ3n) is 4.51. The van der Waals surface area contributed by atoms with E-state index in [-0.39, 0.29) is 0 Å². The summed E-state index contributed by atoms with van der Waals surface area (Å²) in [4.78, 5) is 2.58. The summed E-state index contributed by atoms with van der Waals surface area (Å²) < 4.78 is 0. The average molecular weight is 309 g/mol. The average Bonchev–Trinajstić information content (AvgIpc) is 2.41. The Morgan fingerprint density at radius 3 is 2.62 bits per heavy atom. The number of rotatable bonds is 4. The molecule has 1 saturated heterocycles. The second-order valence-corrected chi connectivity index (χ2v) is 7.49. The van der Waals surface area contributed by atoms with Crippen LogP contribution in [0.3, 0.4) is 0 Å². The molecule has 118 valence electrons. The molecule has 2 atom stereocenters. The van der Waals surface area contributed by atoms with E-state index in [0.29, 0.717) is 18.0 Å². The predicted molar refractivity (Wildman–Crippen MR) is 93.4 cm³/mol. The zero-order valence-corrected chi connectivity index (χ0v) is 14.7. The number of hydrogen-bond acceptors (Lipinski definition) is 2. The Morgan fingerprint density at radius 2 is 2.00 bits per heavy atom. The highest BCUT2D eigenvalue weighted by Crippen LogP contribution is 2.31. The van der Waals surface area contributed by atoms with Gasteiger partial charge in [0.1, 0.15) is 0 Å². The molecule has 0 spiro atoms. The topological polar surface area (TPSA) is 15.3 Å². The number of piperazine rings is 1. The molecule has 21 heavy (non-hydrogen) atoms. The fraction of sp³-hybridized carbons (Fsp3) is 0.667. The van der Waals surface area contributed by atoms with E-state index in [2.05, 4.69) is 57.0 Å². The zero-order valence-electron chi connectivity index (χ0n) is 14.0. The predicted octanol–water partition coefficient (Wildman–Crippen LogP) is 4.50. The van der Waals surface area contributed by atoms with E-state index in [4.69, 9.17) is 11.6 Å². The molecule has 2 unspecified atom stereocenters. The molecule has 1 aromatic carbocycles. The number of benzene rings is 1. The van der Waals surface area contributed by atoms with Crippen molar-refractivity contribution in [3.05, 3.63) is 28.8 Å². The Bertz CT molecular complexity index is 470. The van der Waals surface area contributed by atoms with E-state index in [0.717, 1.165) is 24.0 Å². The van der Waals surface area contributed by atoms with Gasteiger partial charge in [-0.2, -0.15) is 0 Å². The first-order valence-electron chi connectivity index (χ1n) is 8.15. The molecule has 2 nitrogen and oxygen atoms in total. The van der Waals surface area contributed by atoms with Crippen LogP contribution in [0.4, 0.5) is 5.69 Å². The van der Waals surface area contributed by atoms with Crippen molar-refractivity contribution in [2.24, 2.45) is 11.8 Å². The number of nitrogens with one attached hydrogen (secondary N) is 1. The number of anilines is 1. The summed E-state index contributed by atoms with van der Waals surface area (Å²) in [7, 11) is 0. The zero-order chi connectivity index (χ0) is 15.6. The molecule has 0 amide bonds. The van der Waals surface area contributed by atoms with Crippen LogP contribution >= 0.6 is 11.6 Å². The van der Waals surface area contributed by atoms with Crippen LogP contribution in [-0.2, 0) is 0 Å². The molecule has 1 aromatic rings. The molecule has 1 heterocycles. The summed E-state index contributed by atoms with van der Waals surface area (Å²) in [6.07, 6.45) is 1.22. The lowest BCUT2D eigenvalue weighted by Crippen LogP contribution is -2.59. The van der Waals surface area contributed by atoms with E-state index < -0.39 is 0 Å². The number of hydrogen-bond donors (Lipinski definition) is 1. The highest BCUT2D eigenvalue weighted by atomic mass is 35.5. The lowest BCUT2D eigenvalue weighted by molar-refractivity contribution is 0.310. The molecule has 0 aromatic heterocycles. The van der Waals surface area contributed by atoms with E-state index >= 15 is 0 Å². The number of halogens is 1. The van der Waals surface area contributed by atoms with Crippen LogP contribution in [-0.4, -0.2) is 25.2 Å². The van der Waals surface area contributed by atoms with Gasteiger partial charge in [-0.3, -0.25) is 0 Å². The van der Waals surface area contributed by atoms with E-state index in [9.17, 15) is 0 Å². The highest BCUT2D eigenvalue weighted by Gasteiger charge is 2.31. The van der Waals surface area contributed by atoms with E-state index in [1.54, 1.807) is 0 Å². The van der Waals surface area contributed by atoms with Crippen molar-refractivity contribution in [1.82, 2.24) is 5.32 Å². The molecular formula is C18H29ClN2. The molecule has 0 saturated carbocycles. The van der Waals surface area contributed by atoms with Crippen LogP contribution in [0.15, 0.2) is 18.2 Å². The Labute approximate surface area is 134 Å². The Kier molecular flexibility index (Phi) is 5.56. The smallest absolute Gasteiger partial charge is 0.0455 e. The van der Waals surface area contributed by atoms with Gasteiger partial charge in [0.2, 0.25) is 0 Å². The van der Waals surface area contributed by atoms with Crippen molar-refractivity contribution in [2.45, 2.75) is 53.1 Å². The Balaban J connectivity index is 2.27. The highest BCUT2D eigenvalue weighted by molar-refractivity contribution is 6.31. The normalized spacial score (nSPS) is 23.1. The van der Waals surface area contributed by atoms with Gasteiger partial charge in [-0.25, -0.2) is 0 Å². The van der Waals surface area contributed by atoms with Crippen LogP contribution in [0.1, 0.15) is 39.7 Å². The van der Waals surface area contributed by atoms with Crippen LogP contribution in [0.5, 0.6) is 0 Å². The van der Waals surface area contributed by atoms with Gasteiger partial charge in [0.15, 0.2) is 0 Å². The molecule has 3 heteroatoms. The summed E-state index contributed by atoms with van der Waals surface area (Å²) in [6.45, 7) is 13.5. The van der Waals surface area contributed by atoms with Gasteiger partial charge in [0.05, 0.1) is 0 Å². The van der Waals surface area contributed by atoms with Crippen LogP contribution < -0.4 is 10.2 Å². The fourth-order valence-corrected chi connectivity index (χ4v) is 3.51. The Hall–Kier alpha value is -0.730. The summed E-state index contributed by atoms with van der Waals surface area (Å²) in [5.41, 5.74) is 2.51. The third-order valence-corrected chi connectivity index (χ3v) is 4.92. The molecule has 0 radical (unpaired) electrons. The maximum absolute atomic E-state index is 6.34. The second-order valence-electron chi connectivity index (χ2n) is 7.08. The van der Waals surface area contributed by atoms with E-state index in [1.165, 1.54) is 17.7 Å². The third kappa shape index (κ3) is 3.92.